The van der Waals surface area contributed by atoms with E-state index in [9.17, 15) is 9.59 Å². The highest BCUT2D eigenvalue weighted by Crippen LogP contribution is 2.35. The summed E-state index contributed by atoms with van der Waals surface area (Å²) in [5.41, 5.74) is 2.09. The number of nitrogens with zero attached hydrogens (tertiary/aromatic N) is 2. The average molecular weight is 440 g/mol. The van der Waals surface area contributed by atoms with Crippen LogP contribution in [0.1, 0.15) is 12.6 Å². The maximum Gasteiger partial charge on any atom is 0.272 e. The van der Waals surface area contributed by atoms with E-state index in [2.05, 4.69) is 12.2 Å². The molecule has 1 N–H and O–H groups in total. The molecule has 1 aromatic heterocycles. The van der Waals surface area contributed by atoms with Gasteiger partial charge in [0.05, 0.1) is 34.8 Å². The van der Waals surface area contributed by atoms with Gasteiger partial charge in [0.1, 0.15) is 5.75 Å². The minimum Gasteiger partial charge on any atom is -0.495 e. The number of amides is 1. The summed E-state index contributed by atoms with van der Waals surface area (Å²) in [6, 6.07) is 16.7. The molecule has 1 atom stereocenters. The third kappa shape index (κ3) is 4.24. The largest absolute Gasteiger partial charge is 0.495 e. The minimum atomic E-state index is -0.193. The van der Waals surface area contributed by atoms with Crippen molar-refractivity contribution in [3.8, 4) is 11.4 Å². The van der Waals surface area contributed by atoms with Gasteiger partial charge in [-0.25, -0.2) is 4.98 Å². The molecule has 2 aromatic carbocycles. The molecular weight excluding hydrogens is 418 g/mol. The van der Waals surface area contributed by atoms with E-state index in [1.54, 1.807) is 35.6 Å². The Morgan fingerprint density at radius 1 is 1.23 bits per heavy atom. The van der Waals surface area contributed by atoms with E-state index in [-0.39, 0.29) is 17.2 Å². The third-order valence-electron chi connectivity index (χ3n) is 4.61. The normalized spacial score (nSPS) is 14.9. The molecule has 0 bridgehead atoms. The Balaban J connectivity index is 1.61. The molecule has 1 amide bonds. The molecule has 2 heterocycles. The number of fused-ring (bicyclic) bond motifs is 1. The highest BCUT2D eigenvalue weighted by molar-refractivity contribution is 8.00. The maximum absolute atomic E-state index is 13.2. The number of carbonyl (C=O) groups is 1. The summed E-state index contributed by atoms with van der Waals surface area (Å²) < 4.78 is 6.88. The van der Waals surface area contributed by atoms with Gasteiger partial charge in [0.25, 0.3) is 5.56 Å². The van der Waals surface area contributed by atoms with Crippen LogP contribution in [-0.4, -0.2) is 33.6 Å². The zero-order chi connectivity index (χ0) is 21.1. The fourth-order valence-electron chi connectivity index (χ4n) is 3.27. The van der Waals surface area contributed by atoms with Gasteiger partial charge < -0.3 is 10.1 Å². The summed E-state index contributed by atoms with van der Waals surface area (Å²) in [7, 11) is 1.56. The molecule has 30 heavy (non-hydrogen) atoms. The summed E-state index contributed by atoms with van der Waals surface area (Å²) in [4.78, 5) is 31.2. The van der Waals surface area contributed by atoms with Crippen LogP contribution in [0.15, 0.2) is 69.4 Å². The van der Waals surface area contributed by atoms with Crippen molar-refractivity contribution in [1.29, 1.82) is 0 Å². The predicted molar refractivity (Wildman–Crippen MR) is 121 cm³/mol. The molecule has 0 fully saturated rings. The van der Waals surface area contributed by atoms with Gasteiger partial charge in [-0.2, -0.15) is 0 Å². The molecule has 0 spiro atoms. The molecule has 4 rings (SSSR count). The number of methoxy groups -OCH3 is 1. The minimum absolute atomic E-state index is 0.0758. The first-order valence-electron chi connectivity index (χ1n) is 9.50. The molecule has 0 radical (unpaired) electrons. The van der Waals surface area contributed by atoms with Gasteiger partial charge in [-0.1, -0.05) is 49.0 Å². The van der Waals surface area contributed by atoms with Crippen LogP contribution >= 0.6 is 23.5 Å². The lowest BCUT2D eigenvalue weighted by Gasteiger charge is -2.14. The molecule has 0 saturated carbocycles. The summed E-state index contributed by atoms with van der Waals surface area (Å²) in [5.74, 6) is 0.527. The fraction of sp³-hybridized carbons (Fsp3) is 0.227. The van der Waals surface area contributed by atoms with Crippen LogP contribution in [-0.2, 0) is 11.2 Å². The van der Waals surface area contributed by atoms with Gasteiger partial charge in [-0.05, 0) is 24.3 Å². The number of ether oxygens (including phenoxy) is 1. The highest BCUT2D eigenvalue weighted by Gasteiger charge is 2.27. The van der Waals surface area contributed by atoms with Crippen LogP contribution in [0.3, 0.4) is 0 Å². The van der Waals surface area contributed by atoms with Gasteiger partial charge in [-0.15, -0.1) is 11.8 Å². The first-order valence-corrected chi connectivity index (χ1v) is 11.4. The van der Waals surface area contributed by atoms with Crippen LogP contribution < -0.4 is 15.6 Å². The standard InChI is InChI=1S/C22H21N3O3S2/c1-14-12-17-20(30-14)21(27)25(15-8-4-3-5-9-15)22(24-17)29-13-19(26)23-16-10-6-7-11-18(16)28-2/h3-11,14H,12-13H2,1-2H3,(H,23,26). The summed E-state index contributed by atoms with van der Waals surface area (Å²) in [5, 5.41) is 3.70. The quantitative estimate of drug-likeness (QED) is 0.462. The number of nitrogens with one attached hydrogen (secondary N) is 1. The maximum atomic E-state index is 13.2. The van der Waals surface area contributed by atoms with Crippen LogP contribution in [0, 0.1) is 0 Å². The Morgan fingerprint density at radius 2 is 1.97 bits per heavy atom. The van der Waals surface area contributed by atoms with Crippen LogP contribution in [0.2, 0.25) is 0 Å². The third-order valence-corrected chi connectivity index (χ3v) is 6.76. The van der Waals surface area contributed by atoms with Crippen LogP contribution in [0.25, 0.3) is 5.69 Å². The molecule has 1 unspecified atom stereocenters. The van der Waals surface area contributed by atoms with E-state index in [1.165, 1.54) is 11.8 Å². The number of rotatable bonds is 6. The summed E-state index contributed by atoms with van der Waals surface area (Å²) >= 11 is 2.82. The smallest absolute Gasteiger partial charge is 0.272 e. The molecule has 6 nitrogen and oxygen atoms in total. The zero-order valence-electron chi connectivity index (χ0n) is 16.6. The summed E-state index contributed by atoms with van der Waals surface area (Å²) in [6.07, 6.45) is 0.756. The van der Waals surface area contributed by atoms with E-state index in [0.29, 0.717) is 26.7 Å². The first kappa shape index (κ1) is 20.6. The number of para-hydroxylation sites is 3. The van der Waals surface area contributed by atoms with E-state index >= 15 is 0 Å². The van der Waals surface area contributed by atoms with Gasteiger partial charge in [0.2, 0.25) is 5.91 Å². The Morgan fingerprint density at radius 3 is 2.73 bits per heavy atom. The first-order chi connectivity index (χ1) is 14.6. The lowest BCUT2D eigenvalue weighted by molar-refractivity contribution is -0.113. The second kappa shape index (κ2) is 8.97. The zero-order valence-corrected chi connectivity index (χ0v) is 18.3. The molecule has 1 aliphatic rings. The number of anilines is 1. The molecule has 154 valence electrons. The second-order valence-corrected chi connectivity index (χ2v) is 9.21. The van der Waals surface area contributed by atoms with Crippen molar-refractivity contribution in [1.82, 2.24) is 9.55 Å². The summed E-state index contributed by atoms with van der Waals surface area (Å²) in [6.45, 7) is 2.09. The average Bonchev–Trinajstić information content (AvgIpc) is 3.14. The van der Waals surface area contributed by atoms with Crippen molar-refractivity contribution in [2.24, 2.45) is 0 Å². The monoisotopic (exact) mass is 439 g/mol. The lowest BCUT2D eigenvalue weighted by atomic mass is 10.2. The Bertz CT molecular complexity index is 1130. The fourth-order valence-corrected chi connectivity index (χ4v) is 5.19. The number of aromatic nitrogens is 2. The Kier molecular flexibility index (Phi) is 6.15. The van der Waals surface area contributed by atoms with E-state index in [4.69, 9.17) is 9.72 Å². The van der Waals surface area contributed by atoms with Crippen molar-refractivity contribution < 1.29 is 9.53 Å². The topological polar surface area (TPSA) is 73.2 Å². The second-order valence-electron chi connectivity index (χ2n) is 6.82. The van der Waals surface area contributed by atoms with Crippen molar-refractivity contribution in [2.45, 2.75) is 28.6 Å². The molecule has 3 aromatic rings. The van der Waals surface area contributed by atoms with Gasteiger partial charge in [0.15, 0.2) is 5.16 Å². The van der Waals surface area contributed by atoms with E-state index in [0.717, 1.165) is 17.8 Å². The van der Waals surface area contributed by atoms with Crippen LogP contribution in [0.4, 0.5) is 5.69 Å². The van der Waals surface area contributed by atoms with Crippen molar-refractivity contribution in [3.05, 3.63) is 70.6 Å². The molecule has 0 aliphatic carbocycles. The van der Waals surface area contributed by atoms with Crippen LogP contribution in [0.5, 0.6) is 5.75 Å². The number of benzene rings is 2. The Labute approximate surface area is 183 Å². The predicted octanol–water partition coefficient (Wildman–Crippen LogP) is 4.01. The SMILES string of the molecule is COc1ccccc1NC(=O)CSc1nc2c(c(=O)n1-c1ccccc1)SC(C)C2. The molecule has 1 aliphatic heterocycles. The van der Waals surface area contributed by atoms with Crippen molar-refractivity contribution in [3.63, 3.8) is 0 Å². The van der Waals surface area contributed by atoms with E-state index < -0.39 is 0 Å². The molecule has 8 heteroatoms. The van der Waals surface area contributed by atoms with E-state index in [1.807, 2.05) is 42.5 Å². The lowest BCUT2D eigenvalue weighted by Crippen LogP contribution is -2.24. The van der Waals surface area contributed by atoms with Crippen molar-refractivity contribution >= 4 is 35.1 Å². The molecular formula is C22H21N3O3S2. The highest BCUT2D eigenvalue weighted by atomic mass is 32.2. The number of hydrogen-bond donors (Lipinski definition) is 1. The van der Waals surface area contributed by atoms with Gasteiger partial charge >= 0.3 is 0 Å². The van der Waals surface area contributed by atoms with Crippen molar-refractivity contribution in [2.75, 3.05) is 18.2 Å². The molecule has 0 saturated heterocycles. The van der Waals surface area contributed by atoms with Gasteiger partial charge in [0, 0.05) is 11.7 Å². The number of thioether (sulfide) groups is 2. The van der Waals surface area contributed by atoms with Gasteiger partial charge in [-0.3, -0.25) is 14.2 Å². The number of carbonyl (C=O) groups excluding carboxylic acids is 1. The Hall–Kier alpha value is -2.71. The number of hydrogen-bond acceptors (Lipinski definition) is 6.